The van der Waals surface area contributed by atoms with Gasteiger partial charge in [0.15, 0.2) is 0 Å². The number of nitro groups is 1. The molecule has 2 rings (SSSR count). The summed E-state index contributed by atoms with van der Waals surface area (Å²) in [5.41, 5.74) is 0.0936. The van der Waals surface area contributed by atoms with Gasteiger partial charge in [0.25, 0.3) is 11.6 Å². The molecule has 0 saturated carbocycles. The lowest BCUT2D eigenvalue weighted by Gasteiger charge is -2.11. The standard InChI is InChI=1S/C13H10Cl2N2O3S2/c1-2-3-16-12(18)11(22-13(16)21)5-7-4-10(17(19)20)9(15)6-8(7)14/h4-6H,2-3H2,1H3/b11-5+. The summed E-state index contributed by atoms with van der Waals surface area (Å²) in [4.78, 5) is 24.5. The molecular weight excluding hydrogens is 367 g/mol. The van der Waals surface area contributed by atoms with Gasteiger partial charge in [-0.05, 0) is 18.6 Å². The number of nitrogens with zero attached hydrogens (tertiary/aromatic N) is 2. The Balaban J connectivity index is 2.42. The summed E-state index contributed by atoms with van der Waals surface area (Å²) in [6.45, 7) is 2.48. The van der Waals surface area contributed by atoms with E-state index < -0.39 is 4.92 Å². The number of benzene rings is 1. The zero-order valence-corrected chi connectivity index (χ0v) is 14.5. The molecule has 0 aromatic heterocycles. The fourth-order valence-electron chi connectivity index (χ4n) is 1.86. The number of hydrogen-bond acceptors (Lipinski definition) is 5. The van der Waals surface area contributed by atoms with Crippen LogP contribution in [0, 0.1) is 10.1 Å². The Hall–Kier alpha value is -1.15. The van der Waals surface area contributed by atoms with E-state index in [9.17, 15) is 14.9 Å². The van der Waals surface area contributed by atoms with Gasteiger partial charge in [-0.25, -0.2) is 0 Å². The largest absolute Gasteiger partial charge is 0.293 e. The first-order chi connectivity index (χ1) is 10.3. The molecule has 0 radical (unpaired) electrons. The van der Waals surface area contributed by atoms with Crippen LogP contribution in [0.3, 0.4) is 0 Å². The number of hydrogen-bond donors (Lipinski definition) is 0. The van der Waals surface area contributed by atoms with Crippen molar-refractivity contribution in [2.45, 2.75) is 13.3 Å². The molecule has 5 nitrogen and oxygen atoms in total. The van der Waals surface area contributed by atoms with Crippen LogP contribution in [-0.4, -0.2) is 26.6 Å². The Morgan fingerprint density at radius 2 is 2.09 bits per heavy atom. The van der Waals surface area contributed by atoms with Crippen LogP contribution in [0.15, 0.2) is 17.0 Å². The third kappa shape index (κ3) is 3.43. The fraction of sp³-hybridized carbons (Fsp3) is 0.231. The van der Waals surface area contributed by atoms with Gasteiger partial charge in [-0.1, -0.05) is 54.1 Å². The quantitative estimate of drug-likeness (QED) is 0.334. The average molecular weight is 377 g/mol. The lowest BCUT2D eigenvalue weighted by molar-refractivity contribution is -0.384. The molecule has 9 heteroatoms. The van der Waals surface area contributed by atoms with E-state index in [-0.39, 0.29) is 21.6 Å². The monoisotopic (exact) mass is 376 g/mol. The predicted molar refractivity (Wildman–Crippen MR) is 93.3 cm³/mol. The van der Waals surface area contributed by atoms with E-state index >= 15 is 0 Å². The van der Waals surface area contributed by atoms with Crippen molar-refractivity contribution in [2.75, 3.05) is 6.54 Å². The van der Waals surface area contributed by atoms with Crippen molar-refractivity contribution in [1.82, 2.24) is 4.90 Å². The third-order valence-corrected chi connectivity index (χ3v) is 4.88. The molecule has 1 aromatic carbocycles. The summed E-state index contributed by atoms with van der Waals surface area (Å²) in [6.07, 6.45) is 2.29. The van der Waals surface area contributed by atoms with Gasteiger partial charge in [-0.3, -0.25) is 19.8 Å². The average Bonchev–Trinajstić information content (AvgIpc) is 2.69. The minimum Gasteiger partial charge on any atom is -0.293 e. The first kappa shape index (κ1) is 17.2. The molecule has 0 spiro atoms. The molecule has 1 amide bonds. The molecule has 116 valence electrons. The van der Waals surface area contributed by atoms with Gasteiger partial charge in [0, 0.05) is 23.2 Å². The maximum atomic E-state index is 12.3. The van der Waals surface area contributed by atoms with Gasteiger partial charge in [0.05, 0.1) is 9.83 Å². The van der Waals surface area contributed by atoms with Crippen LogP contribution in [-0.2, 0) is 4.79 Å². The number of carbonyl (C=O) groups excluding carboxylic acids is 1. The summed E-state index contributed by atoms with van der Waals surface area (Å²) in [5, 5.41) is 11.1. The number of rotatable bonds is 4. The molecule has 0 atom stereocenters. The number of nitro benzene ring substituents is 1. The molecule has 1 fully saturated rings. The molecule has 0 aliphatic carbocycles. The first-order valence-corrected chi connectivity index (χ1v) is 8.22. The minimum atomic E-state index is -0.599. The minimum absolute atomic E-state index is 0.0503. The molecule has 0 N–H and O–H groups in total. The van der Waals surface area contributed by atoms with E-state index in [1.165, 1.54) is 23.1 Å². The van der Waals surface area contributed by atoms with Gasteiger partial charge in [0.1, 0.15) is 9.34 Å². The van der Waals surface area contributed by atoms with Crippen LogP contribution in [0.1, 0.15) is 18.9 Å². The molecule has 1 heterocycles. The van der Waals surface area contributed by atoms with Gasteiger partial charge < -0.3 is 0 Å². The lowest BCUT2D eigenvalue weighted by Crippen LogP contribution is -2.28. The zero-order valence-electron chi connectivity index (χ0n) is 11.3. The lowest BCUT2D eigenvalue weighted by atomic mass is 10.2. The third-order valence-electron chi connectivity index (χ3n) is 2.87. The summed E-state index contributed by atoms with van der Waals surface area (Å²) in [5.74, 6) is -0.217. The first-order valence-electron chi connectivity index (χ1n) is 6.24. The molecule has 1 aliphatic rings. The Bertz CT molecular complexity index is 707. The van der Waals surface area contributed by atoms with E-state index in [0.717, 1.165) is 18.2 Å². The maximum absolute atomic E-state index is 12.3. The Morgan fingerprint density at radius 1 is 1.41 bits per heavy atom. The summed E-state index contributed by atoms with van der Waals surface area (Å²) < 4.78 is 0.470. The van der Waals surface area contributed by atoms with Gasteiger partial charge in [0.2, 0.25) is 0 Å². The second kappa shape index (κ2) is 6.95. The molecular formula is C13H10Cl2N2O3S2. The van der Waals surface area contributed by atoms with E-state index in [1.807, 2.05) is 6.92 Å². The van der Waals surface area contributed by atoms with Crippen LogP contribution in [0.4, 0.5) is 5.69 Å². The number of carbonyl (C=O) groups is 1. The molecule has 1 aliphatic heterocycles. The highest BCUT2D eigenvalue weighted by atomic mass is 35.5. The Morgan fingerprint density at radius 3 is 2.68 bits per heavy atom. The van der Waals surface area contributed by atoms with Crippen molar-refractivity contribution in [3.05, 3.63) is 42.8 Å². The maximum Gasteiger partial charge on any atom is 0.288 e. The molecule has 22 heavy (non-hydrogen) atoms. The highest BCUT2D eigenvalue weighted by Gasteiger charge is 2.31. The topological polar surface area (TPSA) is 63.5 Å². The van der Waals surface area contributed by atoms with E-state index in [2.05, 4.69) is 0 Å². The van der Waals surface area contributed by atoms with Crippen LogP contribution in [0.5, 0.6) is 0 Å². The number of thioether (sulfide) groups is 1. The number of thiocarbonyl (C=S) groups is 1. The van der Waals surface area contributed by atoms with Crippen molar-refractivity contribution in [2.24, 2.45) is 0 Å². The molecule has 1 aromatic rings. The van der Waals surface area contributed by atoms with Gasteiger partial charge >= 0.3 is 0 Å². The second-order valence-corrected chi connectivity index (χ2v) is 6.91. The molecule has 0 bridgehead atoms. The highest BCUT2D eigenvalue weighted by molar-refractivity contribution is 8.26. The normalized spacial score (nSPS) is 16.7. The summed E-state index contributed by atoms with van der Waals surface area (Å²) in [7, 11) is 0. The molecule has 1 saturated heterocycles. The van der Waals surface area contributed by atoms with E-state index in [1.54, 1.807) is 0 Å². The van der Waals surface area contributed by atoms with Crippen molar-refractivity contribution in [1.29, 1.82) is 0 Å². The van der Waals surface area contributed by atoms with Gasteiger partial charge in [-0.2, -0.15) is 0 Å². The SMILES string of the molecule is CCCN1C(=O)/C(=C\c2cc([N+](=O)[O-])c(Cl)cc2Cl)SC1=S. The van der Waals surface area contributed by atoms with Crippen molar-refractivity contribution in [3.8, 4) is 0 Å². The Labute approximate surface area is 146 Å². The Kier molecular flexibility index (Phi) is 5.44. The summed E-state index contributed by atoms with van der Waals surface area (Å²) >= 11 is 18.1. The second-order valence-electron chi connectivity index (χ2n) is 4.42. The number of halogens is 2. The van der Waals surface area contributed by atoms with Crippen LogP contribution < -0.4 is 0 Å². The number of amides is 1. The highest BCUT2D eigenvalue weighted by Crippen LogP contribution is 2.36. The van der Waals surface area contributed by atoms with Crippen molar-refractivity contribution < 1.29 is 9.72 Å². The predicted octanol–water partition coefficient (Wildman–Crippen LogP) is 4.51. The van der Waals surface area contributed by atoms with Crippen molar-refractivity contribution in [3.63, 3.8) is 0 Å². The van der Waals surface area contributed by atoms with Crippen LogP contribution >= 0.6 is 47.2 Å². The molecule has 0 unspecified atom stereocenters. The van der Waals surface area contributed by atoms with Gasteiger partial charge in [-0.15, -0.1) is 0 Å². The summed E-state index contributed by atoms with van der Waals surface area (Å²) in [6, 6.07) is 2.54. The smallest absolute Gasteiger partial charge is 0.288 e. The fourth-order valence-corrected chi connectivity index (χ4v) is 3.67. The van der Waals surface area contributed by atoms with Crippen LogP contribution in [0.25, 0.3) is 6.08 Å². The van der Waals surface area contributed by atoms with Crippen LogP contribution in [0.2, 0.25) is 10.0 Å². The van der Waals surface area contributed by atoms with E-state index in [0.29, 0.717) is 21.3 Å². The van der Waals surface area contributed by atoms with E-state index in [4.69, 9.17) is 35.4 Å². The van der Waals surface area contributed by atoms with Crippen molar-refractivity contribution >= 4 is 69.2 Å². The zero-order chi connectivity index (χ0) is 16.4.